The summed E-state index contributed by atoms with van der Waals surface area (Å²) in [6.45, 7) is 1.78. The molecule has 1 aliphatic carbocycles. The van der Waals surface area contributed by atoms with E-state index in [1.807, 2.05) is 0 Å². The molecular formula is C20H22FN3O3. The summed E-state index contributed by atoms with van der Waals surface area (Å²) in [5.41, 5.74) is 1.58. The molecule has 1 saturated heterocycles. The highest BCUT2D eigenvalue weighted by molar-refractivity contribution is 5.96. The molecule has 1 aliphatic heterocycles. The third kappa shape index (κ3) is 3.11. The number of aliphatic carboxylic acids is 1. The van der Waals surface area contributed by atoms with Crippen molar-refractivity contribution < 1.29 is 19.1 Å². The molecule has 7 heteroatoms. The second-order valence-corrected chi connectivity index (χ2v) is 7.50. The Labute approximate surface area is 156 Å². The lowest BCUT2D eigenvalue weighted by atomic mass is 9.84. The van der Waals surface area contributed by atoms with Gasteiger partial charge in [-0.05, 0) is 56.4 Å². The summed E-state index contributed by atoms with van der Waals surface area (Å²) in [6, 6.07) is 5.03. The lowest BCUT2D eigenvalue weighted by molar-refractivity contribution is -0.141. The SMILES string of the molecule is Cc1cn(-c2ccc(F)cc2)nc1C(=O)N1C(C(=O)O)CC2CCCCC21. The number of carboxylic acid groups (broad SMARTS) is 1. The number of rotatable bonds is 3. The van der Waals surface area contributed by atoms with Gasteiger partial charge in [-0.3, -0.25) is 4.79 Å². The van der Waals surface area contributed by atoms with E-state index in [2.05, 4.69) is 5.10 Å². The van der Waals surface area contributed by atoms with Gasteiger partial charge in [-0.1, -0.05) is 12.8 Å². The van der Waals surface area contributed by atoms with Crippen molar-refractivity contribution in [3.8, 4) is 5.69 Å². The van der Waals surface area contributed by atoms with Crippen molar-refractivity contribution in [3.63, 3.8) is 0 Å². The van der Waals surface area contributed by atoms with Crippen LogP contribution in [0.25, 0.3) is 5.69 Å². The fourth-order valence-corrected chi connectivity index (χ4v) is 4.49. The first kappa shape index (κ1) is 17.7. The van der Waals surface area contributed by atoms with Gasteiger partial charge in [0.05, 0.1) is 5.69 Å². The maximum Gasteiger partial charge on any atom is 0.326 e. The second-order valence-electron chi connectivity index (χ2n) is 7.50. The van der Waals surface area contributed by atoms with E-state index >= 15 is 0 Å². The van der Waals surface area contributed by atoms with Gasteiger partial charge in [0, 0.05) is 17.8 Å². The van der Waals surface area contributed by atoms with E-state index in [0.717, 1.165) is 25.7 Å². The fourth-order valence-electron chi connectivity index (χ4n) is 4.49. The monoisotopic (exact) mass is 371 g/mol. The average Bonchev–Trinajstić information content (AvgIpc) is 3.23. The number of aryl methyl sites for hydroxylation is 1. The van der Waals surface area contributed by atoms with E-state index in [4.69, 9.17) is 0 Å². The smallest absolute Gasteiger partial charge is 0.326 e. The first-order valence-electron chi connectivity index (χ1n) is 9.33. The van der Waals surface area contributed by atoms with Crippen molar-refractivity contribution in [2.45, 2.75) is 51.1 Å². The molecule has 1 saturated carbocycles. The maximum atomic E-state index is 13.3. The Morgan fingerprint density at radius 2 is 1.89 bits per heavy atom. The molecule has 1 amide bonds. The molecule has 3 atom stereocenters. The summed E-state index contributed by atoms with van der Waals surface area (Å²) in [6.07, 6.45) is 6.15. The minimum atomic E-state index is -0.951. The fraction of sp³-hybridized carbons (Fsp3) is 0.450. The molecule has 27 heavy (non-hydrogen) atoms. The van der Waals surface area contributed by atoms with Crippen molar-refractivity contribution in [1.29, 1.82) is 0 Å². The Kier molecular flexibility index (Phi) is 4.45. The number of fused-ring (bicyclic) bond motifs is 1. The van der Waals surface area contributed by atoms with Gasteiger partial charge in [-0.2, -0.15) is 5.10 Å². The van der Waals surface area contributed by atoms with Crippen molar-refractivity contribution in [2.24, 2.45) is 5.92 Å². The molecule has 142 valence electrons. The number of nitrogens with zero attached hydrogens (tertiary/aromatic N) is 3. The molecule has 2 fully saturated rings. The zero-order chi connectivity index (χ0) is 19.1. The number of benzene rings is 1. The quantitative estimate of drug-likeness (QED) is 0.899. The highest BCUT2D eigenvalue weighted by Gasteiger charge is 2.48. The zero-order valence-corrected chi connectivity index (χ0v) is 15.1. The standard InChI is InChI=1S/C20H22FN3O3/c1-12-11-23(15-8-6-14(21)7-9-15)22-18(12)19(25)24-16-5-3-2-4-13(16)10-17(24)20(26)27/h6-9,11,13,16-17H,2-5,10H2,1H3,(H,26,27). The minimum Gasteiger partial charge on any atom is -0.480 e. The summed E-state index contributed by atoms with van der Waals surface area (Å²) < 4.78 is 14.7. The Morgan fingerprint density at radius 1 is 1.19 bits per heavy atom. The van der Waals surface area contributed by atoms with E-state index in [-0.39, 0.29) is 29.4 Å². The maximum absolute atomic E-state index is 13.3. The molecule has 2 aliphatic rings. The van der Waals surface area contributed by atoms with Gasteiger partial charge < -0.3 is 10.0 Å². The zero-order valence-electron chi connectivity index (χ0n) is 15.1. The Hall–Kier alpha value is -2.70. The molecule has 2 heterocycles. The van der Waals surface area contributed by atoms with Crippen LogP contribution < -0.4 is 0 Å². The number of carbonyl (C=O) groups is 2. The normalized spacial score (nSPS) is 24.7. The number of aromatic nitrogens is 2. The van der Waals surface area contributed by atoms with E-state index in [1.165, 1.54) is 16.8 Å². The summed E-state index contributed by atoms with van der Waals surface area (Å²) in [4.78, 5) is 26.6. The van der Waals surface area contributed by atoms with Crippen molar-refractivity contribution in [3.05, 3.63) is 47.5 Å². The summed E-state index contributed by atoms with van der Waals surface area (Å²) in [5, 5.41) is 14.0. The van der Waals surface area contributed by atoms with E-state index in [1.54, 1.807) is 30.2 Å². The molecule has 2 aromatic rings. The number of halogens is 1. The Bertz CT molecular complexity index is 877. The molecule has 6 nitrogen and oxygen atoms in total. The second kappa shape index (κ2) is 6.79. The van der Waals surface area contributed by atoms with Gasteiger partial charge in [0.15, 0.2) is 5.69 Å². The molecular weight excluding hydrogens is 349 g/mol. The van der Waals surface area contributed by atoms with Crippen molar-refractivity contribution >= 4 is 11.9 Å². The number of hydrogen-bond acceptors (Lipinski definition) is 3. The largest absolute Gasteiger partial charge is 0.480 e. The third-order valence-corrected chi connectivity index (χ3v) is 5.80. The Balaban J connectivity index is 1.67. The first-order chi connectivity index (χ1) is 13.0. The van der Waals surface area contributed by atoms with Crippen LogP contribution in [-0.4, -0.2) is 43.7 Å². The lowest BCUT2D eigenvalue weighted by Gasteiger charge is -2.32. The molecule has 0 spiro atoms. The molecule has 1 N–H and O–H groups in total. The summed E-state index contributed by atoms with van der Waals surface area (Å²) in [5.74, 6) is -1.37. The highest BCUT2D eigenvalue weighted by Crippen LogP contribution is 2.40. The van der Waals surface area contributed by atoms with Crippen LogP contribution in [0.3, 0.4) is 0 Å². The van der Waals surface area contributed by atoms with Crippen LogP contribution in [0, 0.1) is 18.7 Å². The van der Waals surface area contributed by atoms with Gasteiger partial charge in [0.25, 0.3) is 5.91 Å². The first-order valence-corrected chi connectivity index (χ1v) is 9.33. The van der Waals surface area contributed by atoms with Crippen LogP contribution in [0.4, 0.5) is 4.39 Å². The van der Waals surface area contributed by atoms with Crippen LogP contribution in [-0.2, 0) is 4.79 Å². The van der Waals surface area contributed by atoms with Crippen LogP contribution in [0.15, 0.2) is 30.5 Å². The predicted molar refractivity (Wildman–Crippen MR) is 96.2 cm³/mol. The van der Waals surface area contributed by atoms with Gasteiger partial charge in [-0.25, -0.2) is 13.9 Å². The van der Waals surface area contributed by atoms with Crippen LogP contribution in [0.2, 0.25) is 0 Å². The molecule has 3 unspecified atom stereocenters. The number of carbonyl (C=O) groups excluding carboxylic acids is 1. The van der Waals surface area contributed by atoms with Gasteiger partial charge in [0.1, 0.15) is 11.9 Å². The van der Waals surface area contributed by atoms with E-state index in [9.17, 15) is 19.1 Å². The van der Waals surface area contributed by atoms with Crippen molar-refractivity contribution in [1.82, 2.24) is 14.7 Å². The lowest BCUT2D eigenvalue weighted by Crippen LogP contribution is -2.46. The molecule has 4 rings (SSSR count). The molecule has 0 bridgehead atoms. The van der Waals surface area contributed by atoms with Crippen LogP contribution in [0.1, 0.15) is 48.2 Å². The number of likely N-dealkylation sites (tertiary alicyclic amines) is 1. The Morgan fingerprint density at radius 3 is 2.59 bits per heavy atom. The number of carboxylic acids is 1. The minimum absolute atomic E-state index is 0.0253. The topological polar surface area (TPSA) is 75.4 Å². The van der Waals surface area contributed by atoms with Gasteiger partial charge in [-0.15, -0.1) is 0 Å². The summed E-state index contributed by atoms with van der Waals surface area (Å²) >= 11 is 0. The van der Waals surface area contributed by atoms with Gasteiger partial charge >= 0.3 is 5.97 Å². The average molecular weight is 371 g/mol. The number of hydrogen-bond donors (Lipinski definition) is 1. The summed E-state index contributed by atoms with van der Waals surface area (Å²) in [7, 11) is 0. The van der Waals surface area contributed by atoms with E-state index in [0.29, 0.717) is 17.7 Å². The van der Waals surface area contributed by atoms with Gasteiger partial charge in [0.2, 0.25) is 0 Å². The van der Waals surface area contributed by atoms with Crippen LogP contribution in [0.5, 0.6) is 0 Å². The van der Waals surface area contributed by atoms with Crippen LogP contribution >= 0.6 is 0 Å². The molecule has 1 aromatic carbocycles. The molecule has 1 aromatic heterocycles. The highest BCUT2D eigenvalue weighted by atomic mass is 19.1. The predicted octanol–water partition coefficient (Wildman–Crippen LogP) is 3.18. The van der Waals surface area contributed by atoms with Crippen molar-refractivity contribution in [2.75, 3.05) is 0 Å². The third-order valence-electron chi connectivity index (χ3n) is 5.80. The van der Waals surface area contributed by atoms with E-state index < -0.39 is 12.0 Å². The molecule has 0 radical (unpaired) electrons. The number of amides is 1.